The standard InChI is InChI=1S/C56H34O/c1-2-16-37-35(15-1)33-52(42-20-6-4-17-39(37)42)43-21-7-8-23-46(43)55-47-24-9-11-26-49(47)56(50-27-12-10-25-48(50)55)51-32-31-38(40-18-3-5-19-41(40)51)36-29-30-45-44-22-13-14-28-53(44)57-54(45)34-36/h1-34H. The minimum atomic E-state index is 0.909. The van der Waals surface area contributed by atoms with Gasteiger partial charge in [-0.3, -0.25) is 0 Å². The van der Waals surface area contributed by atoms with Gasteiger partial charge >= 0.3 is 0 Å². The number of para-hydroxylation sites is 1. The summed E-state index contributed by atoms with van der Waals surface area (Å²) in [6.07, 6.45) is 0. The van der Waals surface area contributed by atoms with E-state index >= 15 is 0 Å². The van der Waals surface area contributed by atoms with Gasteiger partial charge in [0.1, 0.15) is 11.2 Å². The third-order valence-electron chi connectivity index (χ3n) is 12.1. The Kier molecular flexibility index (Phi) is 7.00. The zero-order valence-electron chi connectivity index (χ0n) is 31.0. The van der Waals surface area contributed by atoms with E-state index in [1.807, 2.05) is 12.1 Å². The first kappa shape index (κ1) is 31.8. The van der Waals surface area contributed by atoms with E-state index in [9.17, 15) is 0 Å². The smallest absolute Gasteiger partial charge is 0.136 e. The second-order valence-corrected chi connectivity index (χ2v) is 15.1. The van der Waals surface area contributed by atoms with Crippen LogP contribution in [0, 0.1) is 0 Å². The number of hydrogen-bond donors (Lipinski definition) is 0. The number of hydrogen-bond acceptors (Lipinski definition) is 1. The van der Waals surface area contributed by atoms with E-state index in [4.69, 9.17) is 4.42 Å². The van der Waals surface area contributed by atoms with E-state index in [0.29, 0.717) is 0 Å². The van der Waals surface area contributed by atoms with Crippen molar-refractivity contribution in [2.75, 3.05) is 0 Å². The molecule has 0 N–H and O–H groups in total. The lowest BCUT2D eigenvalue weighted by Gasteiger charge is -2.21. The van der Waals surface area contributed by atoms with Gasteiger partial charge in [-0.15, -0.1) is 0 Å². The molecule has 0 spiro atoms. The van der Waals surface area contributed by atoms with Crippen LogP contribution in [0.15, 0.2) is 211 Å². The van der Waals surface area contributed by atoms with E-state index in [0.717, 1.165) is 27.5 Å². The summed E-state index contributed by atoms with van der Waals surface area (Å²) in [5.41, 5.74) is 11.6. The third kappa shape index (κ3) is 4.83. The average molecular weight is 723 g/mol. The Balaban J connectivity index is 1.11. The summed E-state index contributed by atoms with van der Waals surface area (Å²) < 4.78 is 6.34. The maximum atomic E-state index is 6.34. The molecule has 1 heteroatoms. The highest BCUT2D eigenvalue weighted by atomic mass is 16.3. The second-order valence-electron chi connectivity index (χ2n) is 15.1. The molecule has 0 saturated heterocycles. The van der Waals surface area contributed by atoms with Gasteiger partial charge in [0.05, 0.1) is 0 Å². The molecule has 0 radical (unpaired) electrons. The molecule has 0 bridgehead atoms. The summed E-state index contributed by atoms with van der Waals surface area (Å²) in [5.74, 6) is 0. The van der Waals surface area contributed by atoms with Crippen molar-refractivity contribution < 1.29 is 4.42 Å². The summed E-state index contributed by atoms with van der Waals surface area (Å²) in [6.45, 7) is 0. The summed E-state index contributed by atoms with van der Waals surface area (Å²) in [6, 6.07) is 75.4. The van der Waals surface area contributed by atoms with Crippen LogP contribution in [0.4, 0.5) is 0 Å². The molecular weight excluding hydrogens is 689 g/mol. The second kappa shape index (κ2) is 12.5. The van der Waals surface area contributed by atoms with Crippen LogP contribution in [-0.2, 0) is 0 Å². The van der Waals surface area contributed by atoms with Crippen LogP contribution in [0.1, 0.15) is 0 Å². The minimum absolute atomic E-state index is 0.909. The molecule has 0 aliphatic carbocycles. The molecule has 12 aromatic rings. The Hall–Kier alpha value is -7.48. The molecule has 0 unspecified atom stereocenters. The van der Waals surface area contributed by atoms with Crippen LogP contribution in [0.5, 0.6) is 0 Å². The summed E-state index contributed by atoms with van der Waals surface area (Å²) in [4.78, 5) is 0. The highest BCUT2D eigenvalue weighted by molar-refractivity contribution is 6.26. The molecule has 0 fully saturated rings. The molecule has 0 amide bonds. The van der Waals surface area contributed by atoms with E-state index < -0.39 is 0 Å². The monoisotopic (exact) mass is 722 g/mol. The van der Waals surface area contributed by atoms with Gasteiger partial charge in [0, 0.05) is 10.8 Å². The lowest BCUT2D eigenvalue weighted by atomic mass is 9.82. The van der Waals surface area contributed by atoms with Gasteiger partial charge in [-0.2, -0.15) is 0 Å². The SMILES string of the molecule is c1ccc(-c2cc3ccccc3c3ccccc23)c(-c2c3ccccc3c(-c3ccc(-c4ccc5c(c4)oc4ccccc45)c4ccccc34)c3ccccc23)c1. The van der Waals surface area contributed by atoms with Crippen molar-refractivity contribution in [1.29, 1.82) is 0 Å². The lowest BCUT2D eigenvalue weighted by Crippen LogP contribution is -1.94. The van der Waals surface area contributed by atoms with Crippen molar-refractivity contribution in [3.63, 3.8) is 0 Å². The van der Waals surface area contributed by atoms with E-state index in [-0.39, 0.29) is 0 Å². The predicted molar refractivity (Wildman–Crippen MR) is 243 cm³/mol. The molecule has 0 atom stereocenters. The van der Waals surface area contributed by atoms with Crippen LogP contribution >= 0.6 is 0 Å². The topological polar surface area (TPSA) is 13.1 Å². The maximum Gasteiger partial charge on any atom is 0.136 e. The number of fused-ring (bicyclic) bond motifs is 9. The van der Waals surface area contributed by atoms with Gasteiger partial charge in [-0.25, -0.2) is 0 Å². The first-order valence-corrected chi connectivity index (χ1v) is 19.7. The van der Waals surface area contributed by atoms with Crippen molar-refractivity contribution in [2.45, 2.75) is 0 Å². The van der Waals surface area contributed by atoms with Crippen molar-refractivity contribution in [3.05, 3.63) is 206 Å². The highest BCUT2D eigenvalue weighted by Crippen LogP contribution is 2.49. The summed E-state index contributed by atoms with van der Waals surface area (Å²) >= 11 is 0. The minimum Gasteiger partial charge on any atom is -0.456 e. The fourth-order valence-corrected chi connectivity index (χ4v) is 9.58. The predicted octanol–water partition coefficient (Wildman–Crippen LogP) is 16.0. The van der Waals surface area contributed by atoms with Gasteiger partial charge in [0.25, 0.3) is 0 Å². The Labute approximate surface area is 329 Å². The quantitative estimate of drug-likeness (QED) is 0.130. The van der Waals surface area contributed by atoms with Crippen LogP contribution in [0.25, 0.3) is 120 Å². The van der Waals surface area contributed by atoms with Crippen molar-refractivity contribution in [1.82, 2.24) is 0 Å². The van der Waals surface area contributed by atoms with Crippen LogP contribution in [-0.4, -0.2) is 0 Å². The van der Waals surface area contributed by atoms with Crippen LogP contribution < -0.4 is 0 Å². The molecular formula is C56H34O. The van der Waals surface area contributed by atoms with Crippen LogP contribution in [0.3, 0.4) is 0 Å². The van der Waals surface area contributed by atoms with Crippen LogP contribution in [0.2, 0.25) is 0 Å². The zero-order chi connectivity index (χ0) is 37.5. The fourth-order valence-electron chi connectivity index (χ4n) is 9.58. The van der Waals surface area contributed by atoms with E-state index in [2.05, 4.69) is 194 Å². The third-order valence-corrected chi connectivity index (χ3v) is 12.1. The number of furan rings is 1. The molecule has 1 aromatic heterocycles. The molecule has 11 aromatic carbocycles. The molecule has 1 nitrogen and oxygen atoms in total. The molecule has 1 heterocycles. The Morgan fingerprint density at radius 3 is 1.37 bits per heavy atom. The molecule has 57 heavy (non-hydrogen) atoms. The van der Waals surface area contributed by atoms with Crippen molar-refractivity contribution in [2.24, 2.45) is 0 Å². The van der Waals surface area contributed by atoms with Gasteiger partial charge in [-0.05, 0) is 123 Å². The average Bonchev–Trinajstić information content (AvgIpc) is 3.66. The Morgan fingerprint density at radius 2 is 0.684 bits per heavy atom. The van der Waals surface area contributed by atoms with Crippen molar-refractivity contribution >= 4 is 75.8 Å². The molecule has 12 rings (SSSR count). The fraction of sp³-hybridized carbons (Fsp3) is 0. The van der Waals surface area contributed by atoms with E-state index in [1.54, 1.807) is 0 Å². The van der Waals surface area contributed by atoms with Gasteiger partial charge in [0.2, 0.25) is 0 Å². The van der Waals surface area contributed by atoms with Gasteiger partial charge < -0.3 is 4.42 Å². The molecule has 264 valence electrons. The molecule has 0 saturated carbocycles. The lowest BCUT2D eigenvalue weighted by molar-refractivity contribution is 0.669. The number of benzene rings is 11. The normalized spacial score (nSPS) is 11.9. The highest BCUT2D eigenvalue weighted by Gasteiger charge is 2.22. The maximum absolute atomic E-state index is 6.34. The first-order chi connectivity index (χ1) is 28.3. The zero-order valence-corrected chi connectivity index (χ0v) is 31.0. The Morgan fingerprint density at radius 1 is 0.228 bits per heavy atom. The summed E-state index contributed by atoms with van der Waals surface area (Å²) in [5, 5.41) is 14.8. The number of rotatable bonds is 4. The summed E-state index contributed by atoms with van der Waals surface area (Å²) in [7, 11) is 0. The first-order valence-electron chi connectivity index (χ1n) is 19.7. The van der Waals surface area contributed by atoms with Gasteiger partial charge in [0.15, 0.2) is 0 Å². The van der Waals surface area contributed by atoms with Gasteiger partial charge in [-0.1, -0.05) is 182 Å². The van der Waals surface area contributed by atoms with E-state index in [1.165, 1.54) is 92.8 Å². The Bertz CT molecular complexity index is 3530. The molecule has 0 aliphatic rings. The van der Waals surface area contributed by atoms with Crippen molar-refractivity contribution in [3.8, 4) is 44.5 Å². The molecule has 0 aliphatic heterocycles. The largest absolute Gasteiger partial charge is 0.456 e.